The second kappa shape index (κ2) is 4.00. The van der Waals surface area contributed by atoms with Crippen molar-refractivity contribution in [3.05, 3.63) is 42.4 Å². The second-order valence-corrected chi connectivity index (χ2v) is 4.95. The SMILES string of the molecule is CC1CC(N)c2nc(-c3ccccc3)cn2C1. The van der Waals surface area contributed by atoms with Crippen LogP contribution >= 0.6 is 0 Å². The Balaban J connectivity index is 2.03. The fourth-order valence-electron chi connectivity index (χ4n) is 2.57. The molecule has 0 fully saturated rings. The van der Waals surface area contributed by atoms with E-state index in [2.05, 4.69) is 34.8 Å². The van der Waals surface area contributed by atoms with Crippen molar-refractivity contribution >= 4 is 0 Å². The molecule has 0 bridgehead atoms. The van der Waals surface area contributed by atoms with E-state index in [1.807, 2.05) is 18.2 Å². The minimum absolute atomic E-state index is 0.0798. The lowest BCUT2D eigenvalue weighted by Crippen LogP contribution is -2.26. The highest BCUT2D eigenvalue weighted by molar-refractivity contribution is 5.58. The van der Waals surface area contributed by atoms with Crippen LogP contribution in [0.15, 0.2) is 36.5 Å². The van der Waals surface area contributed by atoms with Gasteiger partial charge >= 0.3 is 0 Å². The molecule has 2 aromatic rings. The van der Waals surface area contributed by atoms with E-state index in [-0.39, 0.29) is 6.04 Å². The fourth-order valence-corrected chi connectivity index (χ4v) is 2.57. The third kappa shape index (κ3) is 1.87. The zero-order valence-corrected chi connectivity index (χ0v) is 10.0. The molecule has 1 aliphatic rings. The highest BCUT2D eigenvalue weighted by Crippen LogP contribution is 2.29. The average molecular weight is 227 g/mol. The van der Waals surface area contributed by atoms with Crippen molar-refractivity contribution in [3.63, 3.8) is 0 Å². The maximum absolute atomic E-state index is 6.14. The minimum Gasteiger partial charge on any atom is -0.333 e. The molecule has 1 aromatic carbocycles. The molecular weight excluding hydrogens is 210 g/mol. The number of imidazole rings is 1. The smallest absolute Gasteiger partial charge is 0.126 e. The van der Waals surface area contributed by atoms with Crippen molar-refractivity contribution in [1.82, 2.24) is 9.55 Å². The van der Waals surface area contributed by atoms with Gasteiger partial charge < -0.3 is 10.3 Å². The van der Waals surface area contributed by atoms with Crippen molar-refractivity contribution < 1.29 is 0 Å². The summed E-state index contributed by atoms with van der Waals surface area (Å²) in [6, 6.07) is 10.4. The second-order valence-electron chi connectivity index (χ2n) is 4.95. The monoisotopic (exact) mass is 227 g/mol. The van der Waals surface area contributed by atoms with Crippen LogP contribution in [0.1, 0.15) is 25.2 Å². The van der Waals surface area contributed by atoms with Crippen LogP contribution in [0.3, 0.4) is 0 Å². The van der Waals surface area contributed by atoms with Gasteiger partial charge in [0.15, 0.2) is 0 Å². The Kier molecular flexibility index (Phi) is 2.48. The molecular formula is C14H17N3. The standard InChI is InChI=1S/C14H17N3/c1-10-7-12(15)14-16-13(9-17(14)8-10)11-5-3-2-4-6-11/h2-6,9-10,12H,7-8,15H2,1H3. The predicted octanol–water partition coefficient (Wildman–Crippen LogP) is 2.59. The number of nitrogens with two attached hydrogens (primary N) is 1. The molecule has 2 atom stereocenters. The van der Waals surface area contributed by atoms with Crippen molar-refractivity contribution in [1.29, 1.82) is 0 Å². The Morgan fingerprint density at radius 1 is 1.29 bits per heavy atom. The summed E-state index contributed by atoms with van der Waals surface area (Å²) in [7, 11) is 0. The van der Waals surface area contributed by atoms with Gasteiger partial charge in [-0.05, 0) is 12.3 Å². The number of hydrogen-bond donors (Lipinski definition) is 1. The Hall–Kier alpha value is -1.61. The first-order valence-corrected chi connectivity index (χ1v) is 6.12. The van der Waals surface area contributed by atoms with Crippen LogP contribution in [0.25, 0.3) is 11.3 Å². The van der Waals surface area contributed by atoms with E-state index in [0.29, 0.717) is 5.92 Å². The lowest BCUT2D eigenvalue weighted by Gasteiger charge is -2.25. The molecule has 3 nitrogen and oxygen atoms in total. The molecule has 0 amide bonds. The quantitative estimate of drug-likeness (QED) is 0.813. The normalized spacial score (nSPS) is 23.4. The third-order valence-corrected chi connectivity index (χ3v) is 3.37. The molecule has 0 saturated heterocycles. The van der Waals surface area contributed by atoms with Crippen LogP contribution in [0.5, 0.6) is 0 Å². The molecule has 2 heterocycles. The Morgan fingerprint density at radius 2 is 2.06 bits per heavy atom. The summed E-state index contributed by atoms with van der Waals surface area (Å²) >= 11 is 0. The van der Waals surface area contributed by atoms with Crippen LogP contribution in [0.2, 0.25) is 0 Å². The summed E-state index contributed by atoms with van der Waals surface area (Å²) in [6.45, 7) is 3.27. The highest BCUT2D eigenvalue weighted by Gasteiger charge is 2.24. The van der Waals surface area contributed by atoms with Gasteiger partial charge in [0.1, 0.15) is 5.82 Å². The van der Waals surface area contributed by atoms with Crippen molar-refractivity contribution in [3.8, 4) is 11.3 Å². The number of rotatable bonds is 1. The summed E-state index contributed by atoms with van der Waals surface area (Å²) in [6.07, 6.45) is 3.16. The van der Waals surface area contributed by atoms with Crippen LogP contribution in [0, 0.1) is 5.92 Å². The summed E-state index contributed by atoms with van der Waals surface area (Å²) in [5, 5.41) is 0. The van der Waals surface area contributed by atoms with E-state index in [1.54, 1.807) is 0 Å². The molecule has 17 heavy (non-hydrogen) atoms. The van der Waals surface area contributed by atoms with Crippen LogP contribution < -0.4 is 5.73 Å². The summed E-state index contributed by atoms with van der Waals surface area (Å²) in [5.74, 6) is 1.66. The van der Waals surface area contributed by atoms with Gasteiger partial charge in [0.2, 0.25) is 0 Å². The zero-order chi connectivity index (χ0) is 11.8. The van der Waals surface area contributed by atoms with E-state index < -0.39 is 0 Å². The van der Waals surface area contributed by atoms with Gasteiger partial charge in [-0.25, -0.2) is 4.98 Å². The summed E-state index contributed by atoms with van der Waals surface area (Å²) < 4.78 is 2.21. The van der Waals surface area contributed by atoms with Crippen LogP contribution in [-0.2, 0) is 6.54 Å². The van der Waals surface area contributed by atoms with E-state index in [0.717, 1.165) is 30.0 Å². The Labute approximate surface area is 101 Å². The third-order valence-electron chi connectivity index (χ3n) is 3.37. The molecule has 1 aliphatic heterocycles. The number of aromatic nitrogens is 2. The fraction of sp³-hybridized carbons (Fsp3) is 0.357. The zero-order valence-electron chi connectivity index (χ0n) is 10.0. The van der Waals surface area contributed by atoms with Crippen molar-refractivity contribution in [2.24, 2.45) is 11.7 Å². The van der Waals surface area contributed by atoms with Gasteiger partial charge in [-0.2, -0.15) is 0 Å². The van der Waals surface area contributed by atoms with E-state index >= 15 is 0 Å². The number of fused-ring (bicyclic) bond motifs is 1. The van der Waals surface area contributed by atoms with Crippen LogP contribution in [-0.4, -0.2) is 9.55 Å². The maximum Gasteiger partial charge on any atom is 0.126 e. The largest absolute Gasteiger partial charge is 0.333 e. The summed E-state index contributed by atoms with van der Waals surface area (Å²) in [5.41, 5.74) is 8.34. The topological polar surface area (TPSA) is 43.8 Å². The minimum atomic E-state index is 0.0798. The molecule has 3 rings (SSSR count). The predicted molar refractivity (Wildman–Crippen MR) is 68.4 cm³/mol. The number of benzene rings is 1. The molecule has 2 unspecified atom stereocenters. The van der Waals surface area contributed by atoms with Gasteiger partial charge in [0, 0.05) is 18.3 Å². The first kappa shape index (κ1) is 10.5. The average Bonchev–Trinajstić information content (AvgIpc) is 2.74. The van der Waals surface area contributed by atoms with Gasteiger partial charge in [-0.3, -0.25) is 0 Å². The molecule has 0 spiro atoms. The van der Waals surface area contributed by atoms with E-state index in [1.165, 1.54) is 0 Å². The Bertz CT molecular complexity index is 516. The van der Waals surface area contributed by atoms with Crippen molar-refractivity contribution in [2.45, 2.75) is 25.9 Å². The summed E-state index contributed by atoms with van der Waals surface area (Å²) in [4.78, 5) is 4.67. The van der Waals surface area contributed by atoms with E-state index in [4.69, 9.17) is 5.73 Å². The first-order valence-electron chi connectivity index (χ1n) is 6.12. The van der Waals surface area contributed by atoms with Crippen LogP contribution in [0.4, 0.5) is 0 Å². The molecule has 88 valence electrons. The van der Waals surface area contributed by atoms with Gasteiger partial charge in [-0.15, -0.1) is 0 Å². The molecule has 3 heteroatoms. The molecule has 1 aromatic heterocycles. The van der Waals surface area contributed by atoms with Crippen molar-refractivity contribution in [2.75, 3.05) is 0 Å². The molecule has 0 saturated carbocycles. The number of hydrogen-bond acceptors (Lipinski definition) is 2. The molecule has 0 radical (unpaired) electrons. The number of nitrogens with zero attached hydrogens (tertiary/aromatic N) is 2. The molecule has 2 N–H and O–H groups in total. The highest BCUT2D eigenvalue weighted by atomic mass is 15.1. The first-order chi connectivity index (χ1) is 8.24. The van der Waals surface area contributed by atoms with Gasteiger partial charge in [0.05, 0.1) is 11.7 Å². The molecule has 0 aliphatic carbocycles. The van der Waals surface area contributed by atoms with Gasteiger partial charge in [-0.1, -0.05) is 37.3 Å². The maximum atomic E-state index is 6.14. The lowest BCUT2D eigenvalue weighted by molar-refractivity contribution is 0.346. The lowest BCUT2D eigenvalue weighted by atomic mass is 9.98. The van der Waals surface area contributed by atoms with E-state index in [9.17, 15) is 0 Å². The Morgan fingerprint density at radius 3 is 2.82 bits per heavy atom. The van der Waals surface area contributed by atoms with Gasteiger partial charge in [0.25, 0.3) is 0 Å².